The van der Waals surface area contributed by atoms with Gasteiger partial charge in [0, 0.05) is 28.4 Å². The summed E-state index contributed by atoms with van der Waals surface area (Å²) in [7, 11) is 0. The average Bonchev–Trinajstić information content (AvgIpc) is 3.36. The third kappa shape index (κ3) is 4.55. The van der Waals surface area contributed by atoms with Crippen LogP contribution in [0.4, 0.5) is 5.69 Å². The first-order valence-corrected chi connectivity index (χ1v) is 10.4. The molecule has 2 N–H and O–H groups in total. The van der Waals surface area contributed by atoms with Crippen LogP contribution in [-0.2, 0) is 17.6 Å². The van der Waals surface area contributed by atoms with Crippen molar-refractivity contribution in [2.45, 2.75) is 26.7 Å². The Morgan fingerprint density at radius 2 is 2.03 bits per heavy atom. The van der Waals surface area contributed by atoms with E-state index in [4.69, 9.17) is 4.42 Å². The molecule has 3 aromatic heterocycles. The Kier molecular flexibility index (Phi) is 5.58. The van der Waals surface area contributed by atoms with Gasteiger partial charge < -0.3 is 14.7 Å². The number of nitrogens with zero attached hydrogens (tertiary/aromatic N) is 2. The summed E-state index contributed by atoms with van der Waals surface area (Å²) in [5.41, 5.74) is 2.55. The lowest BCUT2D eigenvalue weighted by atomic mass is 10.1. The van der Waals surface area contributed by atoms with E-state index < -0.39 is 0 Å². The molecule has 1 aromatic carbocycles. The largest absolute Gasteiger partial charge is 0.459 e. The van der Waals surface area contributed by atoms with Gasteiger partial charge in [-0.25, -0.2) is 9.97 Å². The quantitative estimate of drug-likeness (QED) is 0.487. The molecule has 0 bridgehead atoms. The summed E-state index contributed by atoms with van der Waals surface area (Å²) >= 11 is 1.44. The molecule has 0 saturated heterocycles. The monoisotopic (exact) mass is 420 g/mol. The van der Waals surface area contributed by atoms with Crippen LogP contribution in [0.5, 0.6) is 0 Å². The van der Waals surface area contributed by atoms with Crippen molar-refractivity contribution in [1.82, 2.24) is 15.0 Å². The van der Waals surface area contributed by atoms with Crippen molar-refractivity contribution in [2.24, 2.45) is 0 Å². The lowest BCUT2D eigenvalue weighted by Gasteiger charge is -2.07. The molecule has 0 fully saturated rings. The van der Waals surface area contributed by atoms with Crippen molar-refractivity contribution in [2.75, 3.05) is 5.32 Å². The minimum atomic E-state index is -0.197. The molecule has 4 rings (SSSR count). The van der Waals surface area contributed by atoms with E-state index in [1.807, 2.05) is 43.5 Å². The first-order chi connectivity index (χ1) is 14.5. The number of carbonyl (C=O) groups is 1. The lowest BCUT2D eigenvalue weighted by Crippen LogP contribution is -2.15. The van der Waals surface area contributed by atoms with E-state index in [9.17, 15) is 9.59 Å². The normalized spacial score (nSPS) is 10.9. The van der Waals surface area contributed by atoms with Crippen molar-refractivity contribution in [3.05, 3.63) is 75.3 Å². The van der Waals surface area contributed by atoms with Crippen LogP contribution in [0.2, 0.25) is 0 Å². The predicted molar refractivity (Wildman–Crippen MR) is 117 cm³/mol. The van der Waals surface area contributed by atoms with Crippen LogP contribution in [-0.4, -0.2) is 20.9 Å². The van der Waals surface area contributed by atoms with Crippen LogP contribution in [0, 0.1) is 6.92 Å². The van der Waals surface area contributed by atoms with Crippen molar-refractivity contribution < 1.29 is 9.21 Å². The van der Waals surface area contributed by atoms with Crippen molar-refractivity contribution >= 4 is 22.9 Å². The van der Waals surface area contributed by atoms with Gasteiger partial charge in [0.2, 0.25) is 5.91 Å². The minimum Gasteiger partial charge on any atom is -0.459 e. The molecule has 4 aromatic rings. The molecule has 0 aliphatic carbocycles. The number of furan rings is 1. The number of benzene rings is 1. The number of carbonyl (C=O) groups excluding carboxylic acids is 1. The predicted octanol–water partition coefficient (Wildman–Crippen LogP) is 4.21. The minimum absolute atomic E-state index is 0.154. The summed E-state index contributed by atoms with van der Waals surface area (Å²) in [6.45, 7) is 3.82. The standard InChI is InChI=1S/C22H20N4O3S/c1-3-15-10-20(28)26-21(24-15)14-5-4-6-16(9-14)23-19(27)11-17-12-30-22(25-17)18-8-7-13(2)29-18/h4-10,12H,3,11H2,1-2H3,(H,23,27)(H,24,26,28). The highest BCUT2D eigenvalue weighted by atomic mass is 32.1. The summed E-state index contributed by atoms with van der Waals surface area (Å²) in [6.07, 6.45) is 0.821. The topological polar surface area (TPSA) is 101 Å². The van der Waals surface area contributed by atoms with E-state index in [0.29, 0.717) is 35.1 Å². The van der Waals surface area contributed by atoms with Crippen molar-refractivity contribution in [1.29, 1.82) is 0 Å². The first kappa shape index (κ1) is 19.8. The Hall–Kier alpha value is -3.52. The van der Waals surface area contributed by atoms with Crippen LogP contribution < -0.4 is 10.9 Å². The molecule has 152 valence electrons. The Balaban J connectivity index is 1.47. The molecule has 30 heavy (non-hydrogen) atoms. The van der Waals surface area contributed by atoms with Gasteiger partial charge in [0.25, 0.3) is 5.56 Å². The number of amides is 1. The second-order valence-electron chi connectivity index (χ2n) is 6.80. The molecule has 0 aliphatic rings. The average molecular weight is 420 g/mol. The van der Waals surface area contributed by atoms with Gasteiger partial charge in [0.05, 0.1) is 12.1 Å². The molecule has 0 unspecified atom stereocenters. The lowest BCUT2D eigenvalue weighted by molar-refractivity contribution is -0.115. The number of nitrogens with one attached hydrogen (secondary N) is 2. The second kappa shape index (κ2) is 8.46. The molecule has 7 nitrogen and oxygen atoms in total. The Bertz CT molecular complexity index is 1260. The van der Waals surface area contributed by atoms with Gasteiger partial charge in [-0.2, -0.15) is 0 Å². The fourth-order valence-corrected chi connectivity index (χ4v) is 3.77. The molecule has 0 aliphatic heterocycles. The second-order valence-corrected chi connectivity index (χ2v) is 7.66. The zero-order valence-electron chi connectivity index (χ0n) is 16.6. The highest BCUT2D eigenvalue weighted by molar-refractivity contribution is 7.13. The Labute approximate surface area is 176 Å². The summed E-state index contributed by atoms with van der Waals surface area (Å²) in [4.78, 5) is 36.0. The van der Waals surface area contributed by atoms with E-state index in [-0.39, 0.29) is 17.9 Å². The molecule has 0 saturated carbocycles. The van der Waals surface area contributed by atoms with Gasteiger partial charge in [-0.15, -0.1) is 11.3 Å². The molecular formula is C22H20N4O3S. The van der Waals surface area contributed by atoms with Gasteiger partial charge in [0.1, 0.15) is 11.6 Å². The van der Waals surface area contributed by atoms with Gasteiger partial charge in [-0.3, -0.25) is 9.59 Å². The molecule has 3 heterocycles. The van der Waals surface area contributed by atoms with Crippen LogP contribution in [0.15, 0.2) is 57.1 Å². The molecule has 0 atom stereocenters. The highest BCUT2D eigenvalue weighted by Crippen LogP contribution is 2.26. The maximum atomic E-state index is 12.5. The number of anilines is 1. The van der Waals surface area contributed by atoms with Gasteiger partial charge in [-0.05, 0) is 37.6 Å². The number of thiazole rings is 1. The smallest absolute Gasteiger partial charge is 0.251 e. The van der Waals surface area contributed by atoms with Gasteiger partial charge in [0.15, 0.2) is 10.8 Å². The van der Waals surface area contributed by atoms with Crippen LogP contribution in [0.1, 0.15) is 24.1 Å². The fourth-order valence-electron chi connectivity index (χ4n) is 2.99. The van der Waals surface area contributed by atoms with Gasteiger partial charge >= 0.3 is 0 Å². The molecule has 8 heteroatoms. The zero-order chi connectivity index (χ0) is 21.1. The third-order valence-corrected chi connectivity index (χ3v) is 5.33. The Morgan fingerprint density at radius 3 is 2.80 bits per heavy atom. The molecular weight excluding hydrogens is 400 g/mol. The SMILES string of the molecule is CCc1cc(=O)[nH]c(-c2cccc(NC(=O)Cc3csc(-c4ccc(C)o4)n3)c2)n1. The van der Waals surface area contributed by atoms with E-state index >= 15 is 0 Å². The summed E-state index contributed by atoms with van der Waals surface area (Å²) in [5.74, 6) is 1.82. The fraction of sp³-hybridized carbons (Fsp3) is 0.182. The number of aryl methyl sites for hydroxylation is 2. The Morgan fingerprint density at radius 1 is 1.17 bits per heavy atom. The first-order valence-electron chi connectivity index (χ1n) is 9.52. The number of aromatic amines is 1. The van der Waals surface area contributed by atoms with E-state index in [1.54, 1.807) is 12.1 Å². The maximum absolute atomic E-state index is 12.5. The number of H-pyrrole nitrogens is 1. The summed E-state index contributed by atoms with van der Waals surface area (Å²) < 4.78 is 5.58. The number of aromatic nitrogens is 3. The highest BCUT2D eigenvalue weighted by Gasteiger charge is 2.12. The zero-order valence-corrected chi connectivity index (χ0v) is 17.4. The van der Waals surface area contributed by atoms with Gasteiger partial charge in [-0.1, -0.05) is 19.1 Å². The van der Waals surface area contributed by atoms with E-state index in [1.165, 1.54) is 17.4 Å². The van der Waals surface area contributed by atoms with E-state index in [0.717, 1.165) is 16.3 Å². The molecule has 1 amide bonds. The number of hydrogen-bond donors (Lipinski definition) is 2. The molecule has 0 radical (unpaired) electrons. The third-order valence-electron chi connectivity index (χ3n) is 4.42. The van der Waals surface area contributed by atoms with Crippen LogP contribution in [0.3, 0.4) is 0 Å². The molecule has 0 spiro atoms. The van der Waals surface area contributed by atoms with Crippen LogP contribution >= 0.6 is 11.3 Å². The summed E-state index contributed by atoms with van der Waals surface area (Å²) in [6, 6.07) is 12.5. The number of hydrogen-bond acceptors (Lipinski definition) is 6. The maximum Gasteiger partial charge on any atom is 0.251 e. The van der Waals surface area contributed by atoms with E-state index in [2.05, 4.69) is 20.3 Å². The van der Waals surface area contributed by atoms with Crippen molar-refractivity contribution in [3.8, 4) is 22.2 Å². The van der Waals surface area contributed by atoms with Crippen LogP contribution in [0.25, 0.3) is 22.2 Å². The van der Waals surface area contributed by atoms with Crippen molar-refractivity contribution in [3.63, 3.8) is 0 Å². The summed E-state index contributed by atoms with van der Waals surface area (Å²) in [5, 5.41) is 5.48. The number of rotatable bonds is 6.